The summed E-state index contributed by atoms with van der Waals surface area (Å²) in [5.74, 6) is -1.30. The number of thiophene rings is 1. The van der Waals surface area contributed by atoms with Gasteiger partial charge in [0.15, 0.2) is 0 Å². The van der Waals surface area contributed by atoms with Crippen LogP contribution in [-0.4, -0.2) is 19.5 Å². The van der Waals surface area contributed by atoms with E-state index in [0.717, 1.165) is 11.3 Å². The van der Waals surface area contributed by atoms with Crippen LogP contribution in [0.3, 0.4) is 0 Å². The average Bonchev–Trinajstić information content (AvgIpc) is 2.95. The summed E-state index contributed by atoms with van der Waals surface area (Å²) >= 11 is 0.784. The van der Waals surface area contributed by atoms with Gasteiger partial charge in [-0.1, -0.05) is 30.3 Å². The van der Waals surface area contributed by atoms with Crippen molar-refractivity contribution >= 4 is 27.3 Å². The summed E-state index contributed by atoms with van der Waals surface area (Å²) in [5, 5.41) is 17.9. The Hall–Kier alpha value is -2.21. The molecule has 1 aromatic heterocycles. The fourth-order valence-electron chi connectivity index (χ4n) is 1.64. The van der Waals surface area contributed by atoms with Gasteiger partial charge in [0.1, 0.15) is 21.2 Å². The summed E-state index contributed by atoms with van der Waals surface area (Å²) in [6.45, 7) is 0. The van der Waals surface area contributed by atoms with Crippen molar-refractivity contribution in [1.82, 2.24) is 4.72 Å². The minimum atomic E-state index is -4.01. The van der Waals surface area contributed by atoms with Crippen LogP contribution in [0.15, 0.2) is 46.7 Å². The topological polar surface area (TPSA) is 107 Å². The molecule has 2 N–H and O–H groups in total. The molecule has 0 aliphatic heterocycles. The van der Waals surface area contributed by atoms with E-state index >= 15 is 0 Å². The maximum atomic E-state index is 12.2. The molecule has 1 aromatic carbocycles. The van der Waals surface area contributed by atoms with E-state index in [4.69, 9.17) is 5.26 Å². The molecule has 0 saturated carbocycles. The van der Waals surface area contributed by atoms with Crippen molar-refractivity contribution in [2.75, 3.05) is 0 Å². The maximum Gasteiger partial charge on any atom is 0.326 e. The van der Waals surface area contributed by atoms with Gasteiger partial charge in [0.2, 0.25) is 0 Å². The highest BCUT2D eigenvalue weighted by molar-refractivity contribution is 7.91. The van der Waals surface area contributed by atoms with Crippen molar-refractivity contribution in [3.8, 4) is 6.07 Å². The normalized spacial score (nSPS) is 12.5. The molecule has 0 fully saturated rings. The lowest BCUT2D eigenvalue weighted by molar-refractivity contribution is -0.139. The third-order valence-corrected chi connectivity index (χ3v) is 5.51. The highest BCUT2D eigenvalue weighted by atomic mass is 32.2. The highest BCUT2D eigenvalue weighted by Crippen LogP contribution is 2.23. The van der Waals surface area contributed by atoms with E-state index in [2.05, 4.69) is 4.72 Å². The van der Waals surface area contributed by atoms with Crippen LogP contribution in [0.4, 0.5) is 0 Å². The summed E-state index contributed by atoms with van der Waals surface area (Å²) in [5.41, 5.74) is 0.325. The quantitative estimate of drug-likeness (QED) is 0.871. The van der Waals surface area contributed by atoms with Crippen molar-refractivity contribution in [3.63, 3.8) is 0 Å². The summed E-state index contributed by atoms with van der Waals surface area (Å²) in [4.78, 5) is 11.5. The SMILES string of the molecule is N#Cc1ccc(S(=O)(=O)NC(C(=O)O)c2ccccc2)s1. The molecule has 2 rings (SSSR count). The fraction of sp³-hybridized carbons (Fsp3) is 0.0769. The number of carbonyl (C=O) groups is 1. The largest absolute Gasteiger partial charge is 0.480 e. The second kappa shape index (κ2) is 6.05. The second-order valence-electron chi connectivity index (χ2n) is 4.03. The van der Waals surface area contributed by atoms with E-state index in [1.54, 1.807) is 18.2 Å². The smallest absolute Gasteiger partial charge is 0.326 e. The molecule has 1 unspecified atom stereocenters. The van der Waals surface area contributed by atoms with Crippen molar-refractivity contribution in [2.24, 2.45) is 0 Å². The fourth-order valence-corrected chi connectivity index (χ4v) is 3.94. The number of rotatable bonds is 5. The number of aliphatic carboxylic acids is 1. The van der Waals surface area contributed by atoms with Crippen LogP contribution in [0.5, 0.6) is 0 Å². The van der Waals surface area contributed by atoms with Gasteiger partial charge in [0.05, 0.1) is 0 Å². The lowest BCUT2D eigenvalue weighted by Gasteiger charge is -2.14. The molecule has 108 valence electrons. The van der Waals surface area contributed by atoms with E-state index in [1.165, 1.54) is 24.3 Å². The van der Waals surface area contributed by atoms with Crippen molar-refractivity contribution in [2.45, 2.75) is 10.3 Å². The zero-order valence-corrected chi connectivity index (χ0v) is 12.2. The van der Waals surface area contributed by atoms with Crippen molar-refractivity contribution < 1.29 is 18.3 Å². The van der Waals surface area contributed by atoms with Gasteiger partial charge in [-0.2, -0.15) is 9.98 Å². The number of carboxylic acids is 1. The molecule has 0 aliphatic rings. The Balaban J connectivity index is 2.33. The zero-order valence-electron chi connectivity index (χ0n) is 10.6. The molecule has 6 nitrogen and oxygen atoms in total. The van der Waals surface area contributed by atoms with Gasteiger partial charge in [0.25, 0.3) is 10.0 Å². The van der Waals surface area contributed by atoms with Crippen molar-refractivity contribution in [1.29, 1.82) is 5.26 Å². The molecule has 8 heteroatoms. The van der Waals surface area contributed by atoms with Gasteiger partial charge in [-0.15, -0.1) is 11.3 Å². The van der Waals surface area contributed by atoms with E-state index < -0.39 is 22.0 Å². The Kier molecular flexibility index (Phi) is 4.37. The predicted molar refractivity (Wildman–Crippen MR) is 76.2 cm³/mol. The Labute approximate surface area is 125 Å². The molecule has 21 heavy (non-hydrogen) atoms. The number of sulfonamides is 1. The molecular formula is C13H10N2O4S2. The first-order valence-electron chi connectivity index (χ1n) is 5.74. The third-order valence-electron chi connectivity index (χ3n) is 2.61. The standard InChI is InChI=1S/C13H10N2O4S2/c14-8-10-6-7-11(20-10)21(18,19)15-12(13(16)17)9-4-2-1-3-5-9/h1-7,12,15H,(H,16,17). The van der Waals surface area contributed by atoms with Gasteiger partial charge >= 0.3 is 5.97 Å². The average molecular weight is 322 g/mol. The van der Waals surface area contributed by atoms with Crippen molar-refractivity contribution in [3.05, 3.63) is 52.9 Å². The monoisotopic (exact) mass is 322 g/mol. The van der Waals surface area contributed by atoms with Crippen LogP contribution in [0.1, 0.15) is 16.5 Å². The van der Waals surface area contributed by atoms with Crippen LogP contribution < -0.4 is 4.72 Å². The van der Waals surface area contributed by atoms with Crippen LogP contribution in [0.2, 0.25) is 0 Å². The van der Waals surface area contributed by atoms with E-state index in [-0.39, 0.29) is 9.09 Å². The second-order valence-corrected chi connectivity index (χ2v) is 7.06. The molecule has 0 aliphatic carbocycles. The molecule has 2 aromatic rings. The number of nitriles is 1. The summed E-state index contributed by atoms with van der Waals surface area (Å²) in [7, 11) is -4.01. The number of carboxylic acid groups (broad SMARTS) is 1. The Morgan fingerprint density at radius 2 is 1.90 bits per heavy atom. The lowest BCUT2D eigenvalue weighted by atomic mass is 10.1. The number of nitrogens with one attached hydrogen (secondary N) is 1. The molecule has 0 spiro atoms. The van der Waals surface area contributed by atoms with Crippen LogP contribution in [0.25, 0.3) is 0 Å². The highest BCUT2D eigenvalue weighted by Gasteiger charge is 2.27. The number of nitrogens with zero attached hydrogens (tertiary/aromatic N) is 1. The minimum absolute atomic E-state index is 0.0961. The van der Waals surface area contributed by atoms with Gasteiger partial charge < -0.3 is 5.11 Å². The Bertz CT molecular complexity index is 791. The number of hydrogen-bond donors (Lipinski definition) is 2. The molecule has 0 radical (unpaired) electrons. The molecule has 0 saturated heterocycles. The van der Waals surface area contributed by atoms with Crippen LogP contribution in [0, 0.1) is 11.3 Å². The molecule has 1 atom stereocenters. The zero-order chi connectivity index (χ0) is 15.5. The summed E-state index contributed by atoms with van der Waals surface area (Å²) < 4.78 is 26.4. The minimum Gasteiger partial charge on any atom is -0.480 e. The Morgan fingerprint density at radius 3 is 2.43 bits per heavy atom. The Morgan fingerprint density at radius 1 is 1.24 bits per heavy atom. The first kappa shape index (κ1) is 15.2. The summed E-state index contributed by atoms with van der Waals surface area (Å²) in [6.07, 6.45) is 0. The van der Waals surface area contributed by atoms with Crippen LogP contribution >= 0.6 is 11.3 Å². The molecular weight excluding hydrogens is 312 g/mol. The van der Waals surface area contributed by atoms with Gasteiger partial charge in [0, 0.05) is 0 Å². The number of hydrogen-bond acceptors (Lipinski definition) is 5. The van der Waals surface area contributed by atoms with Gasteiger partial charge in [-0.05, 0) is 17.7 Å². The lowest BCUT2D eigenvalue weighted by Crippen LogP contribution is -2.33. The number of benzene rings is 1. The first-order chi connectivity index (χ1) is 9.94. The van der Waals surface area contributed by atoms with E-state index in [1.807, 2.05) is 6.07 Å². The van der Waals surface area contributed by atoms with Gasteiger partial charge in [-0.3, -0.25) is 4.79 Å². The van der Waals surface area contributed by atoms with Gasteiger partial charge in [-0.25, -0.2) is 8.42 Å². The molecule has 0 amide bonds. The first-order valence-corrected chi connectivity index (χ1v) is 8.04. The van der Waals surface area contributed by atoms with E-state index in [9.17, 15) is 18.3 Å². The molecule has 1 heterocycles. The predicted octanol–water partition coefficient (Wildman–Crippen LogP) is 1.72. The van der Waals surface area contributed by atoms with E-state index in [0.29, 0.717) is 5.56 Å². The third kappa shape index (κ3) is 3.46. The van der Waals surface area contributed by atoms with Crippen LogP contribution in [-0.2, 0) is 14.8 Å². The maximum absolute atomic E-state index is 12.2. The summed E-state index contributed by atoms with van der Waals surface area (Å²) in [6, 6.07) is 11.1. The molecule has 0 bridgehead atoms.